The van der Waals surface area contributed by atoms with Gasteiger partial charge in [0.05, 0.1) is 0 Å². The molecule has 0 spiro atoms. The van der Waals surface area contributed by atoms with Gasteiger partial charge < -0.3 is 5.73 Å². The molecule has 3 unspecified atom stereocenters. The zero-order valence-electron chi connectivity index (χ0n) is 11.8. The molecule has 0 radical (unpaired) electrons. The summed E-state index contributed by atoms with van der Waals surface area (Å²) in [6, 6.07) is 2.27. The van der Waals surface area contributed by atoms with Crippen molar-refractivity contribution in [3.63, 3.8) is 0 Å². The Balaban J connectivity index is 1.89. The third kappa shape index (κ3) is 3.58. The molecule has 2 heteroatoms. The molecule has 1 aromatic rings. The minimum absolute atomic E-state index is 0.777. The predicted molar refractivity (Wildman–Crippen MR) is 80.9 cm³/mol. The lowest BCUT2D eigenvalue weighted by Crippen LogP contribution is -2.32. The summed E-state index contributed by atoms with van der Waals surface area (Å²) in [5.74, 6) is 3.40. The molecule has 0 aromatic carbocycles. The van der Waals surface area contributed by atoms with Gasteiger partial charge in [-0.2, -0.15) is 11.3 Å². The van der Waals surface area contributed by atoms with Crippen molar-refractivity contribution in [3.8, 4) is 0 Å². The molecule has 18 heavy (non-hydrogen) atoms. The largest absolute Gasteiger partial charge is 0.330 e. The number of aryl methyl sites for hydroxylation is 1. The van der Waals surface area contributed by atoms with Gasteiger partial charge in [-0.15, -0.1) is 0 Å². The summed E-state index contributed by atoms with van der Waals surface area (Å²) >= 11 is 1.81. The zero-order valence-corrected chi connectivity index (χ0v) is 12.6. The second-order valence-electron chi connectivity index (χ2n) is 6.24. The molecule has 1 aromatic heterocycles. The first-order chi connectivity index (χ1) is 8.70. The zero-order chi connectivity index (χ0) is 13.0. The molecule has 2 N–H and O–H groups in total. The van der Waals surface area contributed by atoms with E-state index >= 15 is 0 Å². The van der Waals surface area contributed by atoms with E-state index in [9.17, 15) is 0 Å². The molecule has 3 atom stereocenters. The van der Waals surface area contributed by atoms with Crippen molar-refractivity contribution in [2.45, 2.75) is 46.0 Å². The molecule has 1 aliphatic carbocycles. The molecule has 0 saturated heterocycles. The van der Waals surface area contributed by atoms with E-state index in [1.54, 1.807) is 0 Å². The summed E-state index contributed by atoms with van der Waals surface area (Å²) in [4.78, 5) is 0. The Labute approximate surface area is 116 Å². The maximum atomic E-state index is 5.97. The molecular formula is C16H27NS. The standard InChI is InChI=1S/C16H27NS/c1-12(2)14-5-6-16(10-17)15(9-14)4-3-13-7-8-18-11-13/h7-8,11-12,14-16H,3-6,9-10,17H2,1-2H3. The molecule has 1 heterocycles. The van der Waals surface area contributed by atoms with Crippen molar-refractivity contribution in [1.82, 2.24) is 0 Å². The minimum atomic E-state index is 0.777. The molecular weight excluding hydrogens is 238 g/mol. The lowest BCUT2D eigenvalue weighted by atomic mass is 9.69. The Bertz CT molecular complexity index is 331. The fourth-order valence-electron chi connectivity index (χ4n) is 3.42. The van der Waals surface area contributed by atoms with E-state index in [1.165, 1.54) is 37.7 Å². The quantitative estimate of drug-likeness (QED) is 0.842. The fourth-order valence-corrected chi connectivity index (χ4v) is 4.12. The highest BCUT2D eigenvalue weighted by molar-refractivity contribution is 7.07. The number of rotatable bonds is 5. The summed E-state index contributed by atoms with van der Waals surface area (Å²) in [5, 5.41) is 4.48. The monoisotopic (exact) mass is 265 g/mol. The number of thiophene rings is 1. The fraction of sp³-hybridized carbons (Fsp3) is 0.750. The van der Waals surface area contributed by atoms with Crippen molar-refractivity contribution in [2.75, 3.05) is 6.54 Å². The first-order valence-electron chi connectivity index (χ1n) is 7.41. The van der Waals surface area contributed by atoms with Crippen LogP contribution in [-0.4, -0.2) is 6.54 Å². The van der Waals surface area contributed by atoms with Crippen LogP contribution >= 0.6 is 11.3 Å². The van der Waals surface area contributed by atoms with Crippen LogP contribution in [0.2, 0.25) is 0 Å². The van der Waals surface area contributed by atoms with Crippen molar-refractivity contribution in [2.24, 2.45) is 29.4 Å². The molecule has 2 rings (SSSR count). The Kier molecular flexibility index (Phi) is 5.25. The van der Waals surface area contributed by atoms with Gasteiger partial charge in [-0.25, -0.2) is 0 Å². The topological polar surface area (TPSA) is 26.0 Å². The van der Waals surface area contributed by atoms with E-state index < -0.39 is 0 Å². The maximum Gasteiger partial charge on any atom is -0.00462 e. The summed E-state index contributed by atoms with van der Waals surface area (Å²) in [6.45, 7) is 5.64. The van der Waals surface area contributed by atoms with Crippen LogP contribution in [0.25, 0.3) is 0 Å². The molecule has 1 nitrogen and oxygen atoms in total. The Morgan fingerprint density at radius 1 is 1.33 bits per heavy atom. The van der Waals surface area contributed by atoms with Gasteiger partial charge in [-0.1, -0.05) is 13.8 Å². The summed E-state index contributed by atoms with van der Waals surface area (Å²) in [7, 11) is 0. The normalized spacial score (nSPS) is 28.8. The maximum absolute atomic E-state index is 5.97. The van der Waals surface area contributed by atoms with Gasteiger partial charge >= 0.3 is 0 Å². The molecule has 0 aliphatic heterocycles. The van der Waals surface area contributed by atoms with Crippen LogP contribution in [0.4, 0.5) is 0 Å². The van der Waals surface area contributed by atoms with Gasteiger partial charge in [0.2, 0.25) is 0 Å². The van der Waals surface area contributed by atoms with Crippen molar-refractivity contribution < 1.29 is 0 Å². The minimum Gasteiger partial charge on any atom is -0.330 e. The molecule has 1 fully saturated rings. The third-order valence-corrected chi connectivity index (χ3v) is 5.54. The van der Waals surface area contributed by atoms with Gasteiger partial charge in [0.25, 0.3) is 0 Å². The van der Waals surface area contributed by atoms with Crippen molar-refractivity contribution >= 4 is 11.3 Å². The van der Waals surface area contributed by atoms with Crippen LogP contribution in [0.15, 0.2) is 16.8 Å². The molecule has 0 bridgehead atoms. The number of hydrogen-bond acceptors (Lipinski definition) is 2. The molecule has 102 valence electrons. The average Bonchev–Trinajstić information content (AvgIpc) is 2.89. The van der Waals surface area contributed by atoms with E-state index in [1.807, 2.05) is 11.3 Å². The van der Waals surface area contributed by atoms with Gasteiger partial charge in [0.1, 0.15) is 0 Å². The SMILES string of the molecule is CC(C)C1CCC(CN)C(CCc2ccsc2)C1. The van der Waals surface area contributed by atoms with E-state index in [0.717, 1.165) is 30.2 Å². The lowest BCUT2D eigenvalue weighted by Gasteiger charge is -2.37. The third-order valence-electron chi connectivity index (χ3n) is 4.81. The van der Waals surface area contributed by atoms with Gasteiger partial charge in [-0.05, 0) is 84.7 Å². The van der Waals surface area contributed by atoms with E-state index in [0.29, 0.717) is 0 Å². The Morgan fingerprint density at radius 3 is 2.78 bits per heavy atom. The number of hydrogen-bond donors (Lipinski definition) is 1. The van der Waals surface area contributed by atoms with E-state index in [2.05, 4.69) is 30.7 Å². The second-order valence-corrected chi connectivity index (χ2v) is 7.02. The van der Waals surface area contributed by atoms with E-state index in [-0.39, 0.29) is 0 Å². The summed E-state index contributed by atoms with van der Waals surface area (Å²) in [6.07, 6.45) is 6.74. The van der Waals surface area contributed by atoms with Crippen LogP contribution in [0.3, 0.4) is 0 Å². The smallest absolute Gasteiger partial charge is 0.00462 e. The van der Waals surface area contributed by atoms with Gasteiger partial charge in [-0.3, -0.25) is 0 Å². The van der Waals surface area contributed by atoms with Gasteiger partial charge in [0.15, 0.2) is 0 Å². The van der Waals surface area contributed by atoms with Crippen molar-refractivity contribution in [1.29, 1.82) is 0 Å². The van der Waals surface area contributed by atoms with Crippen molar-refractivity contribution in [3.05, 3.63) is 22.4 Å². The summed E-state index contributed by atoms with van der Waals surface area (Å²) < 4.78 is 0. The first kappa shape index (κ1) is 14.1. The molecule has 0 amide bonds. The summed E-state index contributed by atoms with van der Waals surface area (Å²) in [5.41, 5.74) is 7.48. The van der Waals surface area contributed by atoms with Crippen LogP contribution < -0.4 is 5.73 Å². The van der Waals surface area contributed by atoms with Crippen LogP contribution in [0, 0.1) is 23.7 Å². The van der Waals surface area contributed by atoms with Gasteiger partial charge in [0, 0.05) is 0 Å². The van der Waals surface area contributed by atoms with E-state index in [4.69, 9.17) is 5.73 Å². The van der Waals surface area contributed by atoms with Crippen LogP contribution in [-0.2, 0) is 6.42 Å². The predicted octanol–water partition coefficient (Wildman–Crippen LogP) is 4.33. The number of nitrogens with two attached hydrogens (primary N) is 1. The molecule has 1 saturated carbocycles. The Hall–Kier alpha value is -0.340. The Morgan fingerprint density at radius 2 is 2.17 bits per heavy atom. The lowest BCUT2D eigenvalue weighted by molar-refractivity contribution is 0.144. The highest BCUT2D eigenvalue weighted by atomic mass is 32.1. The highest BCUT2D eigenvalue weighted by Crippen LogP contribution is 2.39. The van der Waals surface area contributed by atoms with Crippen LogP contribution in [0.5, 0.6) is 0 Å². The molecule has 1 aliphatic rings. The first-order valence-corrected chi connectivity index (χ1v) is 8.36. The highest BCUT2D eigenvalue weighted by Gasteiger charge is 2.30. The second kappa shape index (κ2) is 6.72. The average molecular weight is 265 g/mol. The van der Waals surface area contributed by atoms with Crippen LogP contribution in [0.1, 0.15) is 45.1 Å².